The maximum Gasteiger partial charge on any atom is 0.119 e. The minimum atomic E-state index is 0.533. The number of benzene rings is 1. The van der Waals surface area contributed by atoms with E-state index in [1.807, 2.05) is 24.3 Å². The molecule has 0 bridgehead atoms. The molecule has 0 aliphatic heterocycles. The predicted molar refractivity (Wildman–Crippen MR) is 83.0 cm³/mol. The lowest BCUT2D eigenvalue weighted by atomic mass is 10.2. The number of rotatable bonds is 10. The zero-order valence-corrected chi connectivity index (χ0v) is 13.0. The molecule has 0 saturated carbocycles. The first-order chi connectivity index (χ1) is 9.67. The van der Waals surface area contributed by atoms with Crippen molar-refractivity contribution in [1.82, 2.24) is 4.90 Å². The van der Waals surface area contributed by atoms with E-state index in [0.29, 0.717) is 12.6 Å². The molecule has 0 amide bonds. The highest BCUT2D eigenvalue weighted by Gasteiger charge is 2.08. The van der Waals surface area contributed by atoms with Crippen molar-refractivity contribution in [3.05, 3.63) is 29.8 Å². The van der Waals surface area contributed by atoms with Crippen LogP contribution in [0.5, 0.6) is 5.75 Å². The topological polar surface area (TPSA) is 47.7 Å². The van der Waals surface area contributed by atoms with Crippen LogP contribution in [-0.4, -0.2) is 44.4 Å². The molecule has 0 unspecified atom stereocenters. The summed E-state index contributed by atoms with van der Waals surface area (Å²) in [6.07, 6.45) is 1.01. The van der Waals surface area contributed by atoms with Gasteiger partial charge < -0.3 is 15.2 Å². The van der Waals surface area contributed by atoms with Gasteiger partial charge in [-0.1, -0.05) is 12.1 Å². The molecule has 1 aromatic rings. The molecule has 0 heterocycles. The minimum absolute atomic E-state index is 0.533. The van der Waals surface area contributed by atoms with Crippen LogP contribution in [0.25, 0.3) is 0 Å². The van der Waals surface area contributed by atoms with Crippen LogP contribution in [0.15, 0.2) is 24.3 Å². The fourth-order valence-electron chi connectivity index (χ4n) is 2.06. The summed E-state index contributed by atoms with van der Waals surface area (Å²) >= 11 is 0. The highest BCUT2D eigenvalue weighted by atomic mass is 16.5. The van der Waals surface area contributed by atoms with Crippen LogP contribution in [-0.2, 0) is 11.3 Å². The number of nitrogens with two attached hydrogens (primary N) is 1. The standard InChI is InChI=1S/C16H28N2O2/c1-14(2)18(9-11-19-3)8-5-10-20-16-7-4-6-15(12-16)13-17/h4,6-7,12,14H,5,8-11,13,17H2,1-3H3. The van der Waals surface area contributed by atoms with E-state index in [4.69, 9.17) is 15.2 Å². The highest BCUT2D eigenvalue weighted by molar-refractivity contribution is 5.28. The zero-order chi connectivity index (χ0) is 14.8. The monoisotopic (exact) mass is 280 g/mol. The van der Waals surface area contributed by atoms with Gasteiger partial charge in [-0.05, 0) is 38.0 Å². The van der Waals surface area contributed by atoms with Crippen molar-refractivity contribution < 1.29 is 9.47 Å². The van der Waals surface area contributed by atoms with Crippen molar-refractivity contribution >= 4 is 0 Å². The van der Waals surface area contributed by atoms with E-state index in [-0.39, 0.29) is 0 Å². The Labute approximate surface area is 122 Å². The lowest BCUT2D eigenvalue weighted by molar-refractivity contribution is 0.124. The fourth-order valence-corrected chi connectivity index (χ4v) is 2.06. The molecule has 0 radical (unpaired) electrons. The van der Waals surface area contributed by atoms with Gasteiger partial charge in [-0.2, -0.15) is 0 Å². The molecular weight excluding hydrogens is 252 g/mol. The van der Waals surface area contributed by atoms with Gasteiger partial charge in [0.1, 0.15) is 5.75 Å². The molecule has 0 fully saturated rings. The lowest BCUT2D eigenvalue weighted by Gasteiger charge is -2.26. The molecule has 1 rings (SSSR count). The van der Waals surface area contributed by atoms with Gasteiger partial charge in [0, 0.05) is 32.8 Å². The molecule has 0 saturated heterocycles. The first kappa shape index (κ1) is 17.0. The molecule has 0 aromatic heterocycles. The maximum atomic E-state index is 5.77. The Kier molecular flexibility index (Phi) is 8.26. The first-order valence-electron chi connectivity index (χ1n) is 7.32. The second-order valence-corrected chi connectivity index (χ2v) is 5.18. The van der Waals surface area contributed by atoms with E-state index in [2.05, 4.69) is 18.7 Å². The van der Waals surface area contributed by atoms with E-state index in [0.717, 1.165) is 44.0 Å². The van der Waals surface area contributed by atoms with Crippen LogP contribution in [0.3, 0.4) is 0 Å². The van der Waals surface area contributed by atoms with E-state index in [1.54, 1.807) is 7.11 Å². The van der Waals surface area contributed by atoms with Gasteiger partial charge in [0.25, 0.3) is 0 Å². The van der Waals surface area contributed by atoms with Gasteiger partial charge in [-0.3, -0.25) is 4.90 Å². The molecule has 1 aromatic carbocycles. The average molecular weight is 280 g/mol. The van der Waals surface area contributed by atoms with E-state index in [9.17, 15) is 0 Å². The average Bonchev–Trinajstić information content (AvgIpc) is 2.46. The number of ether oxygens (including phenoxy) is 2. The van der Waals surface area contributed by atoms with E-state index >= 15 is 0 Å². The van der Waals surface area contributed by atoms with Crippen molar-refractivity contribution in [1.29, 1.82) is 0 Å². The Balaban J connectivity index is 2.28. The summed E-state index contributed by atoms with van der Waals surface area (Å²) in [6, 6.07) is 8.51. The molecule has 0 spiro atoms. The van der Waals surface area contributed by atoms with Crippen LogP contribution < -0.4 is 10.5 Å². The second kappa shape index (κ2) is 9.75. The van der Waals surface area contributed by atoms with Gasteiger partial charge in [0.2, 0.25) is 0 Å². The van der Waals surface area contributed by atoms with Gasteiger partial charge in [-0.15, -0.1) is 0 Å². The first-order valence-corrected chi connectivity index (χ1v) is 7.32. The van der Waals surface area contributed by atoms with Crippen LogP contribution in [0, 0.1) is 0 Å². The van der Waals surface area contributed by atoms with Crippen LogP contribution in [0.2, 0.25) is 0 Å². The van der Waals surface area contributed by atoms with Crippen molar-refractivity contribution in [2.24, 2.45) is 5.73 Å². The summed E-state index contributed by atoms with van der Waals surface area (Å²) in [6.45, 7) is 8.47. The van der Waals surface area contributed by atoms with Crippen LogP contribution in [0.1, 0.15) is 25.8 Å². The molecule has 2 N–H and O–H groups in total. The number of nitrogens with zero attached hydrogens (tertiary/aromatic N) is 1. The Morgan fingerprint density at radius 1 is 1.20 bits per heavy atom. The van der Waals surface area contributed by atoms with Crippen molar-refractivity contribution in [3.8, 4) is 5.75 Å². The SMILES string of the molecule is COCCN(CCCOc1cccc(CN)c1)C(C)C. The van der Waals surface area contributed by atoms with Gasteiger partial charge in [0.15, 0.2) is 0 Å². The number of methoxy groups -OCH3 is 1. The lowest BCUT2D eigenvalue weighted by Crippen LogP contribution is -2.35. The summed E-state index contributed by atoms with van der Waals surface area (Å²) in [5.41, 5.74) is 6.72. The third kappa shape index (κ3) is 6.37. The molecule has 0 aliphatic rings. The summed E-state index contributed by atoms with van der Waals surface area (Å²) in [7, 11) is 1.74. The van der Waals surface area contributed by atoms with Gasteiger partial charge in [0.05, 0.1) is 13.2 Å². The van der Waals surface area contributed by atoms with E-state index in [1.165, 1.54) is 0 Å². The molecule has 0 aliphatic carbocycles. The number of hydrogen-bond donors (Lipinski definition) is 1. The van der Waals surface area contributed by atoms with Crippen LogP contribution >= 0.6 is 0 Å². The summed E-state index contributed by atoms with van der Waals surface area (Å²) in [4.78, 5) is 2.41. The predicted octanol–water partition coefficient (Wildman–Crippen LogP) is 2.27. The quantitative estimate of drug-likeness (QED) is 0.668. The van der Waals surface area contributed by atoms with Crippen molar-refractivity contribution in [2.75, 3.05) is 33.4 Å². The molecule has 4 nitrogen and oxygen atoms in total. The largest absolute Gasteiger partial charge is 0.494 e. The Morgan fingerprint density at radius 2 is 2.00 bits per heavy atom. The Bertz CT molecular complexity index is 369. The summed E-state index contributed by atoms with van der Waals surface area (Å²) in [5.74, 6) is 0.904. The van der Waals surface area contributed by atoms with Crippen molar-refractivity contribution in [2.45, 2.75) is 32.9 Å². The smallest absolute Gasteiger partial charge is 0.119 e. The number of hydrogen-bond acceptors (Lipinski definition) is 4. The maximum absolute atomic E-state index is 5.77. The molecule has 0 atom stereocenters. The molecule has 20 heavy (non-hydrogen) atoms. The fraction of sp³-hybridized carbons (Fsp3) is 0.625. The summed E-state index contributed by atoms with van der Waals surface area (Å²) in [5, 5.41) is 0. The third-order valence-corrected chi connectivity index (χ3v) is 3.31. The van der Waals surface area contributed by atoms with Gasteiger partial charge >= 0.3 is 0 Å². The second-order valence-electron chi connectivity index (χ2n) is 5.18. The molecule has 114 valence electrons. The normalized spacial score (nSPS) is 11.3. The third-order valence-electron chi connectivity index (χ3n) is 3.31. The molecule has 4 heteroatoms. The zero-order valence-electron chi connectivity index (χ0n) is 13.0. The Hall–Kier alpha value is -1.10. The Morgan fingerprint density at radius 3 is 2.65 bits per heavy atom. The van der Waals surface area contributed by atoms with Crippen molar-refractivity contribution in [3.63, 3.8) is 0 Å². The molecular formula is C16H28N2O2. The summed E-state index contributed by atoms with van der Waals surface area (Å²) < 4.78 is 10.9. The highest BCUT2D eigenvalue weighted by Crippen LogP contribution is 2.13. The minimum Gasteiger partial charge on any atom is -0.494 e. The van der Waals surface area contributed by atoms with E-state index < -0.39 is 0 Å². The van der Waals surface area contributed by atoms with Gasteiger partial charge in [-0.25, -0.2) is 0 Å². The van der Waals surface area contributed by atoms with Crippen LogP contribution in [0.4, 0.5) is 0 Å².